The lowest BCUT2D eigenvalue weighted by molar-refractivity contribution is -0.0495. The van der Waals surface area contributed by atoms with Crippen molar-refractivity contribution in [3.63, 3.8) is 0 Å². The van der Waals surface area contributed by atoms with Crippen LogP contribution in [0.25, 0.3) is 0 Å². The maximum absolute atomic E-state index is 12.3. The lowest BCUT2D eigenvalue weighted by Crippen LogP contribution is -2.43. The number of rotatable bonds is 3. The molecule has 0 aliphatic carbocycles. The Balaban J connectivity index is 2.24. The van der Waals surface area contributed by atoms with E-state index in [1.807, 2.05) is 4.90 Å². The molecule has 0 amide bonds. The SMILES string of the molecule is FC(F)Oc1cc(Cl)ccc1N1CCNCC1. The van der Waals surface area contributed by atoms with E-state index in [2.05, 4.69) is 10.1 Å². The number of nitrogens with one attached hydrogen (secondary N) is 1. The first-order chi connectivity index (χ1) is 8.16. The lowest BCUT2D eigenvalue weighted by Gasteiger charge is -2.30. The summed E-state index contributed by atoms with van der Waals surface area (Å²) >= 11 is 5.78. The second-order valence-corrected chi connectivity index (χ2v) is 4.16. The number of hydrogen-bond acceptors (Lipinski definition) is 3. The van der Waals surface area contributed by atoms with Crippen LogP contribution in [-0.4, -0.2) is 32.8 Å². The Morgan fingerprint density at radius 3 is 2.65 bits per heavy atom. The molecule has 6 heteroatoms. The predicted molar refractivity (Wildman–Crippen MR) is 63.2 cm³/mol. The fourth-order valence-corrected chi connectivity index (χ4v) is 2.01. The van der Waals surface area contributed by atoms with Crippen LogP contribution in [0.1, 0.15) is 0 Å². The van der Waals surface area contributed by atoms with Gasteiger partial charge in [0.25, 0.3) is 0 Å². The second kappa shape index (κ2) is 5.51. The molecule has 1 N–H and O–H groups in total. The minimum atomic E-state index is -2.84. The monoisotopic (exact) mass is 262 g/mol. The van der Waals surface area contributed by atoms with Crippen LogP contribution in [-0.2, 0) is 0 Å². The molecule has 1 aromatic rings. The maximum Gasteiger partial charge on any atom is 0.387 e. The Labute approximate surface area is 103 Å². The van der Waals surface area contributed by atoms with Crippen molar-refractivity contribution in [3.05, 3.63) is 23.2 Å². The van der Waals surface area contributed by atoms with Gasteiger partial charge in [0.1, 0.15) is 0 Å². The lowest BCUT2D eigenvalue weighted by atomic mass is 10.2. The largest absolute Gasteiger partial charge is 0.433 e. The minimum absolute atomic E-state index is 0.134. The molecule has 1 saturated heterocycles. The first-order valence-electron chi connectivity index (χ1n) is 5.37. The summed E-state index contributed by atoms with van der Waals surface area (Å²) < 4.78 is 29.1. The molecule has 0 atom stereocenters. The van der Waals surface area contributed by atoms with Crippen LogP contribution in [0.5, 0.6) is 5.75 Å². The predicted octanol–water partition coefficient (Wildman–Crippen LogP) is 2.35. The molecule has 94 valence electrons. The number of anilines is 1. The van der Waals surface area contributed by atoms with Gasteiger partial charge >= 0.3 is 6.61 Å². The molecular weight excluding hydrogens is 250 g/mol. The Morgan fingerprint density at radius 1 is 1.29 bits per heavy atom. The van der Waals surface area contributed by atoms with Gasteiger partial charge in [-0.05, 0) is 12.1 Å². The van der Waals surface area contributed by atoms with Crippen molar-refractivity contribution in [1.29, 1.82) is 0 Å². The van der Waals surface area contributed by atoms with Gasteiger partial charge in [-0.15, -0.1) is 0 Å². The number of hydrogen-bond donors (Lipinski definition) is 1. The molecule has 0 aromatic heterocycles. The second-order valence-electron chi connectivity index (χ2n) is 3.73. The third kappa shape index (κ3) is 3.20. The summed E-state index contributed by atoms with van der Waals surface area (Å²) in [7, 11) is 0. The number of ether oxygens (including phenoxy) is 1. The fraction of sp³-hybridized carbons (Fsp3) is 0.455. The zero-order valence-corrected chi connectivity index (χ0v) is 9.88. The van der Waals surface area contributed by atoms with Crippen molar-refractivity contribution in [3.8, 4) is 5.75 Å². The molecular formula is C11H13ClF2N2O. The summed E-state index contributed by atoms with van der Waals surface area (Å²) in [5, 5.41) is 3.59. The molecule has 1 fully saturated rings. The van der Waals surface area contributed by atoms with Crippen LogP contribution in [0.4, 0.5) is 14.5 Å². The molecule has 1 aliphatic heterocycles. The van der Waals surface area contributed by atoms with Crippen molar-refractivity contribution in [2.75, 3.05) is 31.1 Å². The van der Waals surface area contributed by atoms with Gasteiger partial charge < -0.3 is 15.0 Å². The maximum atomic E-state index is 12.3. The molecule has 17 heavy (non-hydrogen) atoms. The molecule has 0 spiro atoms. The third-order valence-electron chi connectivity index (χ3n) is 2.60. The highest BCUT2D eigenvalue weighted by atomic mass is 35.5. The Bertz CT molecular complexity index is 384. The molecule has 2 rings (SSSR count). The highest BCUT2D eigenvalue weighted by molar-refractivity contribution is 6.30. The highest BCUT2D eigenvalue weighted by Gasteiger charge is 2.17. The van der Waals surface area contributed by atoms with Crippen LogP contribution in [0.3, 0.4) is 0 Å². The number of alkyl halides is 2. The zero-order valence-electron chi connectivity index (χ0n) is 9.13. The van der Waals surface area contributed by atoms with Crippen molar-refractivity contribution in [1.82, 2.24) is 5.32 Å². The van der Waals surface area contributed by atoms with Crippen molar-refractivity contribution in [2.45, 2.75) is 6.61 Å². The van der Waals surface area contributed by atoms with E-state index >= 15 is 0 Å². The third-order valence-corrected chi connectivity index (χ3v) is 2.83. The molecule has 3 nitrogen and oxygen atoms in total. The Kier molecular flexibility index (Phi) is 4.02. The number of halogens is 3. The van der Waals surface area contributed by atoms with E-state index in [0.29, 0.717) is 10.7 Å². The van der Waals surface area contributed by atoms with E-state index < -0.39 is 6.61 Å². The van der Waals surface area contributed by atoms with Gasteiger partial charge in [-0.1, -0.05) is 11.6 Å². The highest BCUT2D eigenvalue weighted by Crippen LogP contribution is 2.32. The quantitative estimate of drug-likeness (QED) is 0.905. The first-order valence-corrected chi connectivity index (χ1v) is 5.74. The van der Waals surface area contributed by atoms with E-state index in [1.54, 1.807) is 12.1 Å². The van der Waals surface area contributed by atoms with Gasteiger partial charge in [0.15, 0.2) is 5.75 Å². The van der Waals surface area contributed by atoms with Crippen LogP contribution in [0, 0.1) is 0 Å². The normalized spacial score (nSPS) is 16.4. The van der Waals surface area contributed by atoms with Gasteiger partial charge in [-0.2, -0.15) is 8.78 Å². The zero-order chi connectivity index (χ0) is 12.3. The van der Waals surface area contributed by atoms with Gasteiger partial charge in [0.05, 0.1) is 5.69 Å². The number of benzene rings is 1. The average Bonchev–Trinajstić information content (AvgIpc) is 2.29. The van der Waals surface area contributed by atoms with E-state index in [1.165, 1.54) is 6.07 Å². The molecule has 0 unspecified atom stereocenters. The smallest absolute Gasteiger partial charge is 0.387 e. The van der Waals surface area contributed by atoms with E-state index in [-0.39, 0.29) is 5.75 Å². The molecule has 0 bridgehead atoms. The Morgan fingerprint density at radius 2 is 2.00 bits per heavy atom. The summed E-state index contributed by atoms with van der Waals surface area (Å²) in [6.45, 7) is 0.353. The van der Waals surface area contributed by atoms with Crippen molar-refractivity contribution in [2.24, 2.45) is 0 Å². The molecule has 0 saturated carbocycles. The summed E-state index contributed by atoms with van der Waals surface area (Å²) in [6, 6.07) is 4.81. The standard InChI is InChI=1S/C11H13ClF2N2O/c12-8-1-2-9(10(7-8)17-11(13)14)16-5-3-15-4-6-16/h1-2,7,11,15H,3-6H2. The van der Waals surface area contributed by atoms with Gasteiger partial charge in [0, 0.05) is 37.3 Å². The van der Waals surface area contributed by atoms with Crippen LogP contribution < -0.4 is 15.0 Å². The topological polar surface area (TPSA) is 24.5 Å². The van der Waals surface area contributed by atoms with Crippen LogP contribution in [0.15, 0.2) is 18.2 Å². The average molecular weight is 263 g/mol. The van der Waals surface area contributed by atoms with Crippen LogP contribution >= 0.6 is 11.6 Å². The van der Waals surface area contributed by atoms with E-state index in [9.17, 15) is 8.78 Å². The minimum Gasteiger partial charge on any atom is -0.433 e. The van der Waals surface area contributed by atoms with Crippen molar-refractivity contribution < 1.29 is 13.5 Å². The van der Waals surface area contributed by atoms with Crippen molar-refractivity contribution >= 4 is 17.3 Å². The summed E-state index contributed by atoms with van der Waals surface area (Å²) in [4.78, 5) is 2.00. The fourth-order valence-electron chi connectivity index (χ4n) is 1.85. The summed E-state index contributed by atoms with van der Waals surface area (Å²) in [5.41, 5.74) is 0.663. The van der Waals surface area contributed by atoms with E-state index in [0.717, 1.165) is 26.2 Å². The summed E-state index contributed by atoms with van der Waals surface area (Å²) in [5.74, 6) is 0.134. The molecule has 1 aliphatic rings. The molecule has 0 radical (unpaired) electrons. The summed E-state index contributed by atoms with van der Waals surface area (Å²) in [6.07, 6.45) is 0. The van der Waals surface area contributed by atoms with Crippen LogP contribution in [0.2, 0.25) is 5.02 Å². The number of nitrogens with zero attached hydrogens (tertiary/aromatic N) is 1. The Hall–Kier alpha value is -1.07. The van der Waals surface area contributed by atoms with E-state index in [4.69, 9.17) is 11.6 Å². The number of piperazine rings is 1. The molecule has 1 aromatic carbocycles. The first kappa shape index (κ1) is 12.4. The molecule has 1 heterocycles. The van der Waals surface area contributed by atoms with Gasteiger partial charge in [0.2, 0.25) is 0 Å². The van der Waals surface area contributed by atoms with Gasteiger partial charge in [-0.25, -0.2) is 0 Å². The van der Waals surface area contributed by atoms with Gasteiger partial charge in [-0.3, -0.25) is 0 Å².